The van der Waals surface area contributed by atoms with Crippen molar-refractivity contribution < 1.29 is 4.79 Å². The minimum Gasteiger partial charge on any atom is -0.313 e. The fourth-order valence-electron chi connectivity index (χ4n) is 7.34. The number of Topliss-reactive ketones (excluding diaryl/α,β-unsaturated/α-hetero) is 1. The summed E-state index contributed by atoms with van der Waals surface area (Å²) in [5, 5.41) is 2.33. The molecule has 0 aliphatic rings. The summed E-state index contributed by atoms with van der Waals surface area (Å²) in [5.74, 6) is 1.89. The third kappa shape index (κ3) is 50.7. The fraction of sp³-hybridized carbons (Fsp3) is 0.906. The molecule has 0 rings (SSSR count). The predicted molar refractivity (Wildman–Crippen MR) is 261 cm³/mol. The number of ketones is 1. The number of unbranched alkanes of at least 4 members (excludes halogenated alkanes) is 21. The first-order chi connectivity index (χ1) is 27.4. The Balaban J connectivity index is -0.000000492. The van der Waals surface area contributed by atoms with Gasteiger partial charge in [-0.25, -0.2) is 5.43 Å². The second kappa shape index (κ2) is 60.4. The van der Waals surface area contributed by atoms with Gasteiger partial charge in [0.05, 0.1) is 0 Å². The SMILES string of the molecule is C#C.C=C(C(CCCCCCCC)CCCCCCCC(=O)CCC(CCCC)CCCCCC)N(CCCCC)NC.CC.CC.CCCCCCCCC. The summed E-state index contributed by atoms with van der Waals surface area (Å²) in [5.41, 5.74) is 4.74. The second-order valence-electron chi connectivity index (χ2n) is 15.8. The zero-order chi connectivity index (χ0) is 43.3. The van der Waals surface area contributed by atoms with Gasteiger partial charge in [0.1, 0.15) is 5.78 Å². The first kappa shape index (κ1) is 63.9. The van der Waals surface area contributed by atoms with Crippen molar-refractivity contribution in [2.45, 2.75) is 288 Å². The molecule has 338 valence electrons. The minimum atomic E-state index is 0.519. The second-order valence-corrected chi connectivity index (χ2v) is 15.8. The van der Waals surface area contributed by atoms with Gasteiger partial charge in [-0.2, -0.15) is 0 Å². The van der Waals surface area contributed by atoms with E-state index in [1.807, 2.05) is 27.7 Å². The van der Waals surface area contributed by atoms with Crippen molar-refractivity contribution in [1.29, 1.82) is 0 Å². The molecular weight excluding hydrogens is 681 g/mol. The Bertz CT molecular complexity index is 710. The summed E-state index contributed by atoms with van der Waals surface area (Å²) in [6.07, 6.45) is 52.1. The van der Waals surface area contributed by atoms with Crippen molar-refractivity contribution in [3.05, 3.63) is 12.3 Å². The van der Waals surface area contributed by atoms with Crippen LogP contribution in [-0.2, 0) is 4.79 Å². The number of allylic oxidation sites excluding steroid dienone is 1. The largest absolute Gasteiger partial charge is 0.313 e. The Labute approximate surface area is 357 Å². The van der Waals surface area contributed by atoms with E-state index in [1.54, 1.807) is 0 Å². The van der Waals surface area contributed by atoms with E-state index in [9.17, 15) is 4.79 Å². The Morgan fingerprint density at radius 1 is 0.464 bits per heavy atom. The van der Waals surface area contributed by atoms with Gasteiger partial charge in [-0.15, -0.1) is 12.8 Å². The summed E-state index contributed by atoms with van der Waals surface area (Å²) in [6, 6.07) is 0. The molecule has 0 fully saturated rings. The van der Waals surface area contributed by atoms with Gasteiger partial charge in [-0.1, -0.05) is 249 Å². The van der Waals surface area contributed by atoms with E-state index in [0.717, 1.165) is 38.1 Å². The highest BCUT2D eigenvalue weighted by atomic mass is 16.1. The van der Waals surface area contributed by atoms with Crippen LogP contribution in [-0.4, -0.2) is 24.4 Å². The smallest absolute Gasteiger partial charge is 0.132 e. The standard InChI is InChI=1S/C38H76N2O.C9H20.2C2H6.C2H2/c1-7-11-15-17-19-23-29-37(35(5)40(39-6)34-26-13-9-3)30-24-20-18-21-25-31-38(41)33-32-36(27-14-10-4)28-22-16-12-8-2;1-3-5-7-9-8-6-4-2;3*1-2/h36-37,39H,5,7-34H2,1-4,6H3;3-9H2,1-2H3;2*1-2H3;1-2H. The van der Waals surface area contributed by atoms with Gasteiger partial charge in [0.2, 0.25) is 0 Å². The maximum absolute atomic E-state index is 12.6. The summed E-state index contributed by atoms with van der Waals surface area (Å²) >= 11 is 0. The number of hydrazine groups is 1. The molecular formula is C53H110N2O. The molecule has 0 aromatic carbocycles. The zero-order valence-corrected chi connectivity index (χ0v) is 41.1. The highest BCUT2D eigenvalue weighted by Gasteiger charge is 2.18. The van der Waals surface area contributed by atoms with Crippen LogP contribution < -0.4 is 5.43 Å². The van der Waals surface area contributed by atoms with Crippen LogP contribution in [0.1, 0.15) is 288 Å². The van der Waals surface area contributed by atoms with E-state index in [1.165, 1.54) is 198 Å². The molecule has 0 heterocycles. The van der Waals surface area contributed by atoms with Gasteiger partial charge in [0, 0.05) is 32.1 Å². The predicted octanol–water partition coefficient (Wildman–Crippen LogP) is 18.4. The summed E-state index contributed by atoms with van der Waals surface area (Å²) in [6.45, 7) is 27.3. The van der Waals surface area contributed by atoms with Gasteiger partial charge in [-0.3, -0.25) is 4.79 Å². The molecule has 0 aliphatic carbocycles. The Morgan fingerprint density at radius 3 is 1.23 bits per heavy atom. The normalized spacial score (nSPS) is 11.3. The third-order valence-corrected chi connectivity index (χ3v) is 11.0. The number of rotatable bonds is 39. The maximum atomic E-state index is 12.6. The number of hydrogen-bond acceptors (Lipinski definition) is 3. The number of terminal acetylenes is 1. The summed E-state index contributed by atoms with van der Waals surface area (Å²) < 4.78 is 0. The molecule has 1 N–H and O–H groups in total. The lowest BCUT2D eigenvalue weighted by molar-refractivity contribution is -0.119. The monoisotopic (exact) mass is 791 g/mol. The van der Waals surface area contributed by atoms with E-state index in [2.05, 4.69) is 78.5 Å². The summed E-state index contributed by atoms with van der Waals surface area (Å²) in [4.78, 5) is 12.6. The van der Waals surface area contributed by atoms with Crippen molar-refractivity contribution in [2.24, 2.45) is 11.8 Å². The molecule has 0 radical (unpaired) electrons. The highest BCUT2D eigenvalue weighted by Crippen LogP contribution is 2.27. The van der Waals surface area contributed by atoms with Crippen LogP contribution in [0.2, 0.25) is 0 Å². The van der Waals surface area contributed by atoms with E-state index in [4.69, 9.17) is 0 Å². The maximum Gasteiger partial charge on any atom is 0.132 e. The van der Waals surface area contributed by atoms with Gasteiger partial charge in [-0.05, 0) is 43.9 Å². The average molecular weight is 791 g/mol. The van der Waals surface area contributed by atoms with E-state index < -0.39 is 0 Å². The third-order valence-electron chi connectivity index (χ3n) is 11.0. The Morgan fingerprint density at radius 2 is 0.804 bits per heavy atom. The van der Waals surface area contributed by atoms with E-state index >= 15 is 0 Å². The Hall–Kier alpha value is -1.27. The van der Waals surface area contributed by atoms with Gasteiger partial charge in [0.25, 0.3) is 0 Å². The quantitative estimate of drug-likeness (QED) is 0.0382. The van der Waals surface area contributed by atoms with Crippen molar-refractivity contribution >= 4 is 5.78 Å². The number of hydrogen-bond donors (Lipinski definition) is 1. The highest BCUT2D eigenvalue weighted by molar-refractivity contribution is 5.78. The molecule has 2 unspecified atom stereocenters. The lowest BCUT2D eigenvalue weighted by Crippen LogP contribution is -2.37. The van der Waals surface area contributed by atoms with E-state index in [-0.39, 0.29) is 0 Å². The molecule has 0 spiro atoms. The van der Waals surface area contributed by atoms with Crippen molar-refractivity contribution in [1.82, 2.24) is 10.4 Å². The molecule has 0 saturated carbocycles. The lowest BCUT2D eigenvalue weighted by Gasteiger charge is -2.31. The molecule has 0 saturated heterocycles. The van der Waals surface area contributed by atoms with Gasteiger partial charge >= 0.3 is 0 Å². The topological polar surface area (TPSA) is 32.3 Å². The minimum absolute atomic E-state index is 0.519. The molecule has 2 atom stereocenters. The zero-order valence-electron chi connectivity index (χ0n) is 41.1. The van der Waals surface area contributed by atoms with Crippen LogP contribution in [0.15, 0.2) is 12.3 Å². The molecule has 3 nitrogen and oxygen atoms in total. The molecule has 3 heteroatoms. The number of nitrogens with one attached hydrogen (secondary N) is 1. The first-order valence-corrected chi connectivity index (χ1v) is 25.4. The number of carbonyl (C=O) groups excluding carboxylic acids is 1. The van der Waals surface area contributed by atoms with Gasteiger partial charge in [0.15, 0.2) is 0 Å². The van der Waals surface area contributed by atoms with Gasteiger partial charge < -0.3 is 5.01 Å². The van der Waals surface area contributed by atoms with Crippen LogP contribution in [0, 0.1) is 24.7 Å². The average Bonchev–Trinajstić information content (AvgIpc) is 3.24. The van der Waals surface area contributed by atoms with Crippen molar-refractivity contribution in [3.63, 3.8) is 0 Å². The lowest BCUT2D eigenvalue weighted by atomic mass is 9.89. The molecule has 0 bridgehead atoms. The van der Waals surface area contributed by atoms with Crippen LogP contribution in [0.5, 0.6) is 0 Å². The van der Waals surface area contributed by atoms with Crippen LogP contribution >= 0.6 is 0 Å². The number of carbonyl (C=O) groups is 1. The summed E-state index contributed by atoms with van der Waals surface area (Å²) in [7, 11) is 2.05. The molecule has 0 aliphatic heterocycles. The van der Waals surface area contributed by atoms with E-state index in [0.29, 0.717) is 11.7 Å². The number of nitrogens with zero attached hydrogens (tertiary/aromatic N) is 1. The van der Waals surface area contributed by atoms with Crippen LogP contribution in [0.25, 0.3) is 0 Å². The molecule has 56 heavy (non-hydrogen) atoms. The molecule has 0 aromatic heterocycles. The van der Waals surface area contributed by atoms with Crippen LogP contribution in [0.4, 0.5) is 0 Å². The Kier molecular flexibility index (Phi) is 68.9. The first-order valence-electron chi connectivity index (χ1n) is 25.4. The molecule has 0 amide bonds. The molecule has 0 aromatic rings. The van der Waals surface area contributed by atoms with Crippen molar-refractivity contribution in [3.8, 4) is 12.8 Å². The van der Waals surface area contributed by atoms with Crippen LogP contribution in [0.3, 0.4) is 0 Å². The fourth-order valence-corrected chi connectivity index (χ4v) is 7.34. The van der Waals surface area contributed by atoms with Crippen molar-refractivity contribution in [2.75, 3.05) is 13.6 Å².